The molecule has 1 aromatic heterocycles. The maximum Gasteiger partial charge on any atom is 0.318 e. The van der Waals surface area contributed by atoms with E-state index in [0.717, 1.165) is 52.0 Å². The summed E-state index contributed by atoms with van der Waals surface area (Å²) in [7, 11) is -0.566. The lowest BCUT2D eigenvalue weighted by Crippen LogP contribution is -2.58. The molecule has 0 unspecified atom stereocenters. The Kier molecular flexibility index (Phi) is 9.73. The normalized spacial score (nSPS) is 21.6. The van der Waals surface area contributed by atoms with Gasteiger partial charge < -0.3 is 29.2 Å². The van der Waals surface area contributed by atoms with Crippen molar-refractivity contribution in [1.29, 1.82) is 5.26 Å². The zero-order valence-corrected chi connectivity index (χ0v) is 30.2. The highest BCUT2D eigenvalue weighted by Gasteiger charge is 2.59. The molecule has 274 valence electrons. The molecule has 2 aromatic carbocycles. The summed E-state index contributed by atoms with van der Waals surface area (Å²) in [5.41, 5.74) is -1.81. The number of piperidine rings is 2. The Morgan fingerprint density at radius 2 is 1.65 bits per heavy atom. The van der Waals surface area contributed by atoms with Gasteiger partial charge in [0.1, 0.15) is 16.4 Å². The predicted molar refractivity (Wildman–Crippen MR) is 189 cm³/mol. The molecule has 7 rings (SSSR count). The minimum atomic E-state index is -4.69. The number of methoxy groups -OCH3 is 3. The van der Waals surface area contributed by atoms with Crippen molar-refractivity contribution in [1.82, 2.24) is 20.1 Å². The second-order valence-electron chi connectivity index (χ2n) is 13.6. The number of urea groups is 1. The van der Waals surface area contributed by atoms with Gasteiger partial charge >= 0.3 is 6.03 Å². The van der Waals surface area contributed by atoms with Crippen molar-refractivity contribution >= 4 is 27.6 Å². The number of sulfonamides is 1. The number of hydrogen-bond donors (Lipinski definition) is 1. The first-order valence-electron chi connectivity index (χ1n) is 17.4. The number of likely N-dealkylation sites (tertiary alicyclic amines) is 2. The molecule has 0 bridgehead atoms. The first-order valence-corrected chi connectivity index (χ1v) is 18.8. The minimum absolute atomic E-state index is 0.00394. The minimum Gasteiger partial charge on any atom is -0.497 e. The molecule has 5 heterocycles. The summed E-state index contributed by atoms with van der Waals surface area (Å²) >= 11 is 0. The van der Waals surface area contributed by atoms with E-state index in [9.17, 15) is 18.5 Å². The maximum absolute atomic E-state index is 15.1. The Bertz CT molecular complexity index is 2000. The average Bonchev–Trinajstić information content (AvgIpc) is 3.41. The molecule has 0 radical (unpaired) electrons. The molecule has 0 saturated carbocycles. The van der Waals surface area contributed by atoms with E-state index in [-0.39, 0.29) is 38.9 Å². The number of carbonyl (C=O) groups excluding carboxylic acids is 2. The van der Waals surface area contributed by atoms with Crippen LogP contribution >= 0.6 is 0 Å². The predicted octanol–water partition coefficient (Wildman–Crippen LogP) is 3.49. The first kappa shape index (κ1) is 35.5. The summed E-state index contributed by atoms with van der Waals surface area (Å²) < 4.78 is 51.6. The van der Waals surface area contributed by atoms with Gasteiger partial charge in [0, 0.05) is 30.9 Å². The number of pyridine rings is 1. The number of anilines is 1. The second kappa shape index (κ2) is 14.3. The van der Waals surface area contributed by atoms with Gasteiger partial charge in [-0.15, -0.1) is 0 Å². The monoisotopic (exact) mass is 730 g/mol. The number of nitrogens with one attached hydrogen (secondary N) is 1. The number of hydrogen-bond acceptors (Lipinski definition) is 11. The number of nitrogens with zero attached hydrogens (tertiary/aromatic N) is 5. The average molecular weight is 731 g/mol. The van der Waals surface area contributed by atoms with Gasteiger partial charge in [0.05, 0.1) is 63.5 Å². The topological polar surface area (TPSA) is 164 Å². The second-order valence-corrected chi connectivity index (χ2v) is 15.3. The van der Waals surface area contributed by atoms with Crippen LogP contribution in [-0.4, -0.2) is 102 Å². The zero-order valence-electron chi connectivity index (χ0n) is 29.4. The van der Waals surface area contributed by atoms with Gasteiger partial charge in [0.15, 0.2) is 5.54 Å². The Labute approximate surface area is 303 Å². The maximum atomic E-state index is 15.1. The standard InChI is InChI=1S/C37H42N6O8S/c1-48-28-7-9-33(32(20-28)49-2)52(46,47)43-31-8-6-24(21-38)19-30(31)37(35(43)44,29-5-4-14-39-34(29)50-3)40-36(45)42-17-12-26(13-18-42)25-10-15-41(16-11-25)27-22-51-23-27/h4-9,14,19-20,25-27H,10-13,15-18,22-23H2,1-3H3,(H,40,45)/t37-/m1/s1. The Morgan fingerprint density at radius 1 is 0.942 bits per heavy atom. The third-order valence-electron chi connectivity index (χ3n) is 11.0. The van der Waals surface area contributed by atoms with Gasteiger partial charge in [-0.3, -0.25) is 9.69 Å². The van der Waals surface area contributed by atoms with Gasteiger partial charge in [0.25, 0.3) is 15.9 Å². The van der Waals surface area contributed by atoms with Gasteiger partial charge in [-0.1, -0.05) is 0 Å². The highest BCUT2D eigenvalue weighted by molar-refractivity contribution is 7.93. The Balaban J connectivity index is 1.24. The summed E-state index contributed by atoms with van der Waals surface area (Å²) in [6.45, 7) is 4.69. The summed E-state index contributed by atoms with van der Waals surface area (Å²) in [6, 6.07) is 13.6. The molecule has 3 saturated heterocycles. The van der Waals surface area contributed by atoms with Crippen molar-refractivity contribution in [3.8, 4) is 23.4 Å². The lowest BCUT2D eigenvalue weighted by molar-refractivity contribution is -0.121. The van der Waals surface area contributed by atoms with Gasteiger partial charge in [-0.25, -0.2) is 18.2 Å². The number of aromatic nitrogens is 1. The van der Waals surface area contributed by atoms with Crippen LogP contribution < -0.4 is 23.8 Å². The van der Waals surface area contributed by atoms with E-state index in [1.54, 1.807) is 17.0 Å². The fourth-order valence-corrected chi connectivity index (χ4v) is 9.68. The molecule has 3 amide bonds. The first-order chi connectivity index (χ1) is 25.2. The largest absolute Gasteiger partial charge is 0.497 e. The van der Waals surface area contributed by atoms with Crippen molar-refractivity contribution in [2.45, 2.75) is 42.2 Å². The van der Waals surface area contributed by atoms with Gasteiger partial charge in [-0.05, 0) is 93.1 Å². The summed E-state index contributed by atoms with van der Waals surface area (Å²) in [5, 5.41) is 12.9. The van der Waals surface area contributed by atoms with Crippen molar-refractivity contribution in [3.63, 3.8) is 0 Å². The fraction of sp³-hybridized carbons (Fsp3) is 0.459. The van der Waals surface area contributed by atoms with Gasteiger partial charge in [-0.2, -0.15) is 9.57 Å². The van der Waals surface area contributed by atoms with Crippen molar-refractivity contribution in [3.05, 3.63) is 71.4 Å². The fourth-order valence-electron chi connectivity index (χ4n) is 8.08. The molecule has 1 atom stereocenters. The summed E-state index contributed by atoms with van der Waals surface area (Å²) in [6.07, 6.45) is 5.33. The third kappa shape index (κ3) is 5.98. The Hall–Kier alpha value is -4.91. The highest BCUT2D eigenvalue weighted by Crippen LogP contribution is 2.50. The van der Waals surface area contributed by atoms with E-state index in [4.69, 9.17) is 18.9 Å². The van der Waals surface area contributed by atoms with Crippen LogP contribution in [0.15, 0.2) is 59.6 Å². The molecule has 15 heteroatoms. The highest BCUT2D eigenvalue weighted by atomic mass is 32.2. The number of nitriles is 1. The number of carbonyl (C=O) groups is 2. The quantitative estimate of drug-likeness (QED) is 0.343. The van der Waals surface area contributed by atoms with Crippen LogP contribution in [0.1, 0.15) is 42.4 Å². The summed E-state index contributed by atoms with van der Waals surface area (Å²) in [4.78, 5) is 37.8. The van der Waals surface area contributed by atoms with Crippen molar-refractivity contribution in [2.24, 2.45) is 11.8 Å². The van der Waals surface area contributed by atoms with E-state index >= 15 is 4.79 Å². The molecule has 4 aliphatic rings. The molecule has 0 spiro atoms. The summed E-state index contributed by atoms with van der Waals surface area (Å²) in [5.74, 6) is 0.367. The van der Waals surface area contributed by atoms with Crippen LogP contribution in [0, 0.1) is 23.2 Å². The number of fused-ring (bicyclic) bond motifs is 1. The molecule has 3 aromatic rings. The molecular weight excluding hydrogens is 689 g/mol. The van der Waals surface area contributed by atoms with Crippen LogP contribution in [0.2, 0.25) is 0 Å². The van der Waals surface area contributed by atoms with E-state index < -0.39 is 27.5 Å². The molecule has 3 fully saturated rings. The van der Waals surface area contributed by atoms with E-state index in [2.05, 4.69) is 21.3 Å². The molecular formula is C37H42N6O8S. The van der Waals surface area contributed by atoms with Crippen LogP contribution in [-0.2, 0) is 25.1 Å². The number of amides is 3. The lowest BCUT2D eigenvalue weighted by Gasteiger charge is -2.44. The molecule has 0 aliphatic carbocycles. The smallest absolute Gasteiger partial charge is 0.318 e. The van der Waals surface area contributed by atoms with Crippen molar-refractivity contribution in [2.75, 3.05) is 65.0 Å². The van der Waals surface area contributed by atoms with Crippen LogP contribution in [0.25, 0.3) is 0 Å². The molecule has 4 aliphatic heterocycles. The Morgan fingerprint density at radius 3 is 2.27 bits per heavy atom. The molecule has 14 nitrogen and oxygen atoms in total. The van der Waals surface area contributed by atoms with Crippen LogP contribution in [0.3, 0.4) is 0 Å². The van der Waals surface area contributed by atoms with E-state index in [1.165, 1.54) is 63.9 Å². The van der Waals surface area contributed by atoms with Crippen LogP contribution in [0.4, 0.5) is 10.5 Å². The number of ether oxygens (including phenoxy) is 4. The number of rotatable bonds is 9. The molecule has 52 heavy (non-hydrogen) atoms. The van der Waals surface area contributed by atoms with Crippen molar-refractivity contribution < 1.29 is 37.0 Å². The van der Waals surface area contributed by atoms with E-state index in [1.807, 2.05) is 0 Å². The SMILES string of the molecule is COc1ccc(S(=O)(=O)N2C(=O)[C@@](NC(=O)N3CCC(C4CCN(C5COC5)CC4)CC3)(c3cccnc3OC)c3cc(C#N)ccc32)c(OC)c1. The number of benzene rings is 2. The third-order valence-corrected chi connectivity index (χ3v) is 12.7. The van der Waals surface area contributed by atoms with E-state index in [0.29, 0.717) is 41.0 Å². The molecule has 1 N–H and O–H groups in total. The van der Waals surface area contributed by atoms with Gasteiger partial charge in [0.2, 0.25) is 5.88 Å². The van der Waals surface area contributed by atoms with Crippen LogP contribution in [0.5, 0.6) is 17.4 Å². The lowest BCUT2D eigenvalue weighted by atomic mass is 9.78. The zero-order chi connectivity index (χ0) is 36.6.